The zero-order valence-corrected chi connectivity index (χ0v) is 19.6. The molecule has 0 aromatic heterocycles. The Hall–Kier alpha value is -3.14. The molecule has 34 heavy (non-hydrogen) atoms. The number of aromatic hydroxyl groups is 1. The third kappa shape index (κ3) is 5.67. The summed E-state index contributed by atoms with van der Waals surface area (Å²) < 4.78 is 0. The Balaban J connectivity index is 1.67. The molecule has 1 aromatic rings. The number of amides is 3. The van der Waals surface area contributed by atoms with E-state index in [2.05, 4.69) is 5.32 Å². The molecule has 2 saturated heterocycles. The molecule has 1 aromatic carbocycles. The average molecular weight is 475 g/mol. The lowest BCUT2D eigenvalue weighted by atomic mass is 10.0. The van der Waals surface area contributed by atoms with E-state index in [1.807, 2.05) is 0 Å². The first-order chi connectivity index (χ1) is 16.1. The minimum Gasteiger partial charge on any atom is -0.508 e. The number of nitrogens with two attached hydrogens (primary N) is 1. The van der Waals surface area contributed by atoms with Crippen LogP contribution in [0.4, 0.5) is 0 Å². The second-order valence-corrected chi connectivity index (χ2v) is 9.42. The molecule has 10 heteroatoms. The monoisotopic (exact) mass is 474 g/mol. The van der Waals surface area contributed by atoms with Gasteiger partial charge in [-0.15, -0.1) is 0 Å². The zero-order chi connectivity index (χ0) is 25.0. The fraction of sp³-hybridized carbons (Fsp3) is 0.583. The van der Waals surface area contributed by atoms with Crippen LogP contribution in [-0.2, 0) is 25.6 Å². The Morgan fingerprint density at radius 2 is 1.62 bits per heavy atom. The number of nitrogens with zero attached hydrogens (tertiary/aromatic N) is 2. The number of phenols is 1. The molecule has 2 aliphatic rings. The van der Waals surface area contributed by atoms with E-state index in [0.29, 0.717) is 38.8 Å². The molecule has 0 saturated carbocycles. The fourth-order valence-corrected chi connectivity index (χ4v) is 4.73. The van der Waals surface area contributed by atoms with Crippen molar-refractivity contribution in [3.05, 3.63) is 29.8 Å². The lowest BCUT2D eigenvalue weighted by Crippen LogP contribution is -2.57. The van der Waals surface area contributed by atoms with E-state index < -0.39 is 36.0 Å². The summed E-state index contributed by atoms with van der Waals surface area (Å²) in [6, 6.07) is 3.14. The molecule has 4 atom stereocenters. The van der Waals surface area contributed by atoms with Crippen molar-refractivity contribution in [3.8, 4) is 5.75 Å². The van der Waals surface area contributed by atoms with Crippen LogP contribution in [0.5, 0.6) is 5.75 Å². The lowest BCUT2D eigenvalue weighted by molar-refractivity contribution is -0.148. The van der Waals surface area contributed by atoms with Crippen molar-refractivity contribution in [2.45, 2.75) is 70.1 Å². The Morgan fingerprint density at radius 3 is 2.21 bits per heavy atom. The van der Waals surface area contributed by atoms with Crippen molar-refractivity contribution in [2.75, 3.05) is 13.1 Å². The number of rotatable bonds is 8. The van der Waals surface area contributed by atoms with Gasteiger partial charge in [0, 0.05) is 13.1 Å². The third-order valence-electron chi connectivity index (χ3n) is 6.60. The highest BCUT2D eigenvalue weighted by Crippen LogP contribution is 2.26. The molecule has 2 fully saturated rings. The van der Waals surface area contributed by atoms with Gasteiger partial charge in [-0.25, -0.2) is 4.79 Å². The van der Waals surface area contributed by atoms with Crippen LogP contribution >= 0.6 is 0 Å². The van der Waals surface area contributed by atoms with Gasteiger partial charge in [0.25, 0.3) is 0 Å². The SMILES string of the molecule is CC(C)C(NC(=O)C1CCCN1C(=O)C1CCCN1C(=O)C(N)Cc1ccc(O)cc1)C(=O)O. The lowest BCUT2D eigenvalue weighted by Gasteiger charge is -2.32. The van der Waals surface area contributed by atoms with Crippen LogP contribution in [0.15, 0.2) is 24.3 Å². The molecule has 0 bridgehead atoms. The molecule has 0 radical (unpaired) electrons. The van der Waals surface area contributed by atoms with Gasteiger partial charge < -0.3 is 31.1 Å². The molecule has 2 heterocycles. The average Bonchev–Trinajstić information content (AvgIpc) is 3.47. The number of phenolic OH excluding ortho intramolecular Hbond substituents is 1. The predicted molar refractivity (Wildman–Crippen MR) is 124 cm³/mol. The van der Waals surface area contributed by atoms with Crippen LogP contribution in [0, 0.1) is 5.92 Å². The summed E-state index contributed by atoms with van der Waals surface area (Å²) >= 11 is 0. The number of carboxylic acids is 1. The molecule has 3 rings (SSSR count). The van der Waals surface area contributed by atoms with Crippen LogP contribution in [0.1, 0.15) is 45.1 Å². The molecule has 0 aliphatic carbocycles. The van der Waals surface area contributed by atoms with Crippen molar-refractivity contribution in [1.82, 2.24) is 15.1 Å². The number of carbonyl (C=O) groups is 4. The minimum absolute atomic E-state index is 0.126. The summed E-state index contributed by atoms with van der Waals surface area (Å²) in [5.41, 5.74) is 6.97. The molecule has 2 aliphatic heterocycles. The summed E-state index contributed by atoms with van der Waals surface area (Å²) in [5.74, 6) is -2.39. The van der Waals surface area contributed by atoms with Crippen molar-refractivity contribution < 1.29 is 29.4 Å². The van der Waals surface area contributed by atoms with Gasteiger partial charge in [0.05, 0.1) is 6.04 Å². The molecular formula is C24H34N4O6. The van der Waals surface area contributed by atoms with E-state index in [-0.39, 0.29) is 29.9 Å². The van der Waals surface area contributed by atoms with Gasteiger partial charge in [-0.05, 0) is 55.7 Å². The fourth-order valence-electron chi connectivity index (χ4n) is 4.73. The third-order valence-corrected chi connectivity index (χ3v) is 6.60. The van der Waals surface area contributed by atoms with Gasteiger partial charge in [0.2, 0.25) is 17.7 Å². The van der Waals surface area contributed by atoms with E-state index in [4.69, 9.17) is 5.73 Å². The smallest absolute Gasteiger partial charge is 0.326 e. The highest BCUT2D eigenvalue weighted by atomic mass is 16.4. The highest BCUT2D eigenvalue weighted by Gasteiger charge is 2.43. The van der Waals surface area contributed by atoms with Crippen LogP contribution in [0.25, 0.3) is 0 Å². The van der Waals surface area contributed by atoms with Crippen LogP contribution in [0.3, 0.4) is 0 Å². The quantitative estimate of drug-likeness (QED) is 0.427. The van der Waals surface area contributed by atoms with Crippen molar-refractivity contribution in [1.29, 1.82) is 0 Å². The van der Waals surface area contributed by atoms with Crippen LogP contribution in [0.2, 0.25) is 0 Å². The number of likely N-dealkylation sites (tertiary alicyclic amines) is 2. The Kier molecular flexibility index (Phi) is 8.14. The molecule has 3 amide bonds. The maximum Gasteiger partial charge on any atom is 0.326 e. The standard InChI is InChI=1S/C24H34N4O6/c1-14(2)20(24(33)34)26-21(30)18-5-3-11-27(18)23(32)19-6-4-12-28(19)22(31)17(25)13-15-7-9-16(29)10-8-15/h7-10,14,17-20,29H,3-6,11-13,25H2,1-2H3,(H,26,30)(H,33,34). The normalized spacial score (nSPS) is 22.0. The maximum absolute atomic E-state index is 13.4. The topological polar surface area (TPSA) is 153 Å². The van der Waals surface area contributed by atoms with E-state index >= 15 is 0 Å². The van der Waals surface area contributed by atoms with Gasteiger partial charge in [0.1, 0.15) is 23.9 Å². The van der Waals surface area contributed by atoms with Crippen LogP contribution < -0.4 is 11.1 Å². The van der Waals surface area contributed by atoms with Gasteiger partial charge in [-0.2, -0.15) is 0 Å². The van der Waals surface area contributed by atoms with E-state index in [0.717, 1.165) is 5.56 Å². The predicted octanol–water partition coefficient (Wildman–Crippen LogP) is 0.469. The maximum atomic E-state index is 13.4. The molecule has 186 valence electrons. The summed E-state index contributed by atoms with van der Waals surface area (Å²) in [6.45, 7) is 4.21. The molecular weight excluding hydrogens is 440 g/mol. The second kappa shape index (κ2) is 10.9. The molecule has 10 nitrogen and oxygen atoms in total. The van der Waals surface area contributed by atoms with Crippen molar-refractivity contribution in [2.24, 2.45) is 11.7 Å². The highest BCUT2D eigenvalue weighted by molar-refractivity contribution is 5.95. The summed E-state index contributed by atoms with van der Waals surface area (Å²) in [5, 5.41) is 21.4. The minimum atomic E-state index is -1.12. The second-order valence-electron chi connectivity index (χ2n) is 9.42. The molecule has 4 unspecified atom stereocenters. The van der Waals surface area contributed by atoms with E-state index in [1.165, 1.54) is 21.9 Å². The zero-order valence-electron chi connectivity index (χ0n) is 19.6. The summed E-state index contributed by atoms with van der Waals surface area (Å²) in [7, 11) is 0. The first-order valence-corrected chi connectivity index (χ1v) is 11.8. The van der Waals surface area contributed by atoms with Gasteiger partial charge >= 0.3 is 5.97 Å². The first kappa shape index (κ1) is 25.5. The van der Waals surface area contributed by atoms with E-state index in [9.17, 15) is 29.4 Å². The number of hydrogen-bond donors (Lipinski definition) is 4. The Morgan fingerprint density at radius 1 is 1.03 bits per heavy atom. The van der Waals surface area contributed by atoms with E-state index in [1.54, 1.807) is 26.0 Å². The number of aliphatic carboxylic acids is 1. The molecule has 5 N–H and O–H groups in total. The van der Waals surface area contributed by atoms with Gasteiger partial charge in [0.15, 0.2) is 0 Å². The number of carbonyl (C=O) groups excluding carboxylic acids is 3. The summed E-state index contributed by atoms with van der Waals surface area (Å²) in [6.07, 6.45) is 2.50. The number of carboxylic acid groups (broad SMARTS) is 1. The van der Waals surface area contributed by atoms with Gasteiger partial charge in [-0.1, -0.05) is 26.0 Å². The number of nitrogens with one attached hydrogen (secondary N) is 1. The largest absolute Gasteiger partial charge is 0.508 e. The Labute approximate surface area is 199 Å². The number of hydrogen-bond acceptors (Lipinski definition) is 6. The Bertz CT molecular complexity index is 919. The van der Waals surface area contributed by atoms with Gasteiger partial charge in [-0.3, -0.25) is 14.4 Å². The van der Waals surface area contributed by atoms with Crippen LogP contribution in [-0.4, -0.2) is 81.0 Å². The van der Waals surface area contributed by atoms with Crippen molar-refractivity contribution in [3.63, 3.8) is 0 Å². The molecule has 0 spiro atoms. The van der Waals surface area contributed by atoms with Crippen molar-refractivity contribution >= 4 is 23.7 Å². The summed E-state index contributed by atoms with van der Waals surface area (Å²) in [4.78, 5) is 53.8. The first-order valence-electron chi connectivity index (χ1n) is 11.8. The number of benzene rings is 1.